The van der Waals surface area contributed by atoms with Gasteiger partial charge in [-0.2, -0.15) is 0 Å². The molecule has 2 N–H and O–H groups in total. The maximum Gasteiger partial charge on any atom is 0.147 e. The lowest BCUT2D eigenvalue weighted by molar-refractivity contribution is 0.471. The average Bonchev–Trinajstić information content (AvgIpc) is 2.71. The minimum absolute atomic E-state index is 0.0956. The number of aromatic nitrogens is 2. The zero-order chi connectivity index (χ0) is 20.5. The molecule has 0 spiro atoms. The summed E-state index contributed by atoms with van der Waals surface area (Å²) in [6.07, 6.45) is 3.23. The highest BCUT2D eigenvalue weighted by molar-refractivity contribution is 6.42. The highest BCUT2D eigenvalue weighted by atomic mass is 35.5. The highest BCUT2D eigenvalue weighted by Gasteiger charge is 2.22. The molecular formula is C22H16Cl3N3O. The Hall–Kier alpha value is -2.53. The van der Waals surface area contributed by atoms with E-state index in [1.54, 1.807) is 24.5 Å². The number of fused-ring (bicyclic) bond motifs is 1. The number of phenolic OH excluding ortho intramolecular Hbond substituents is 1. The van der Waals surface area contributed by atoms with Crippen molar-refractivity contribution in [2.75, 3.05) is 5.32 Å². The molecule has 1 unspecified atom stereocenters. The predicted octanol–water partition coefficient (Wildman–Crippen LogP) is 6.81. The molecule has 0 bridgehead atoms. The van der Waals surface area contributed by atoms with E-state index in [-0.39, 0.29) is 5.75 Å². The maximum atomic E-state index is 11.0. The van der Waals surface area contributed by atoms with Gasteiger partial charge in [-0.15, -0.1) is 0 Å². The van der Waals surface area contributed by atoms with E-state index in [0.717, 1.165) is 16.5 Å². The van der Waals surface area contributed by atoms with E-state index in [0.29, 0.717) is 32.0 Å². The monoisotopic (exact) mass is 443 g/mol. The zero-order valence-corrected chi connectivity index (χ0v) is 17.6. The molecule has 2 heterocycles. The molecule has 0 aliphatic rings. The van der Waals surface area contributed by atoms with Crippen LogP contribution in [0.1, 0.15) is 22.7 Å². The Kier molecular flexibility index (Phi) is 5.50. The standard InChI is InChI=1S/C22H16Cl3N3O/c1-12-9-15(23)11-27-22(12)28-19(14-5-7-17(24)18(25)10-14)16-6-4-13-3-2-8-26-20(13)21(16)29/h2-11,19,29H,1H3,(H,27,28). The Balaban J connectivity index is 1.88. The molecule has 7 heteroatoms. The van der Waals surface area contributed by atoms with Crippen LogP contribution in [-0.2, 0) is 0 Å². The van der Waals surface area contributed by atoms with Gasteiger partial charge in [-0.1, -0.05) is 59.1 Å². The Morgan fingerprint density at radius 1 is 0.966 bits per heavy atom. The zero-order valence-electron chi connectivity index (χ0n) is 15.3. The molecule has 4 nitrogen and oxygen atoms in total. The van der Waals surface area contributed by atoms with Gasteiger partial charge in [-0.25, -0.2) is 4.98 Å². The number of anilines is 1. The average molecular weight is 445 g/mol. The van der Waals surface area contributed by atoms with Crippen LogP contribution in [0.15, 0.2) is 60.9 Å². The lowest BCUT2D eigenvalue weighted by atomic mass is 9.96. The number of hydrogen-bond donors (Lipinski definition) is 2. The third-order valence-electron chi connectivity index (χ3n) is 4.69. The highest BCUT2D eigenvalue weighted by Crippen LogP contribution is 2.38. The first-order chi connectivity index (χ1) is 13.9. The number of halogens is 3. The van der Waals surface area contributed by atoms with Gasteiger partial charge in [-0.05, 0) is 42.3 Å². The second-order valence-electron chi connectivity index (χ2n) is 6.65. The van der Waals surface area contributed by atoms with Crippen LogP contribution < -0.4 is 5.32 Å². The van der Waals surface area contributed by atoms with Gasteiger partial charge in [0.15, 0.2) is 0 Å². The van der Waals surface area contributed by atoms with E-state index < -0.39 is 6.04 Å². The molecule has 1 atom stereocenters. The fourth-order valence-electron chi connectivity index (χ4n) is 3.24. The van der Waals surface area contributed by atoms with Gasteiger partial charge in [0.25, 0.3) is 0 Å². The second-order valence-corrected chi connectivity index (χ2v) is 7.90. The summed E-state index contributed by atoms with van der Waals surface area (Å²) in [6, 6.07) is 14.3. The van der Waals surface area contributed by atoms with Gasteiger partial charge in [0.05, 0.1) is 21.1 Å². The summed E-state index contributed by atoms with van der Waals surface area (Å²) in [4.78, 5) is 8.73. The van der Waals surface area contributed by atoms with E-state index in [1.807, 2.05) is 43.3 Å². The van der Waals surface area contributed by atoms with Crippen molar-refractivity contribution in [3.05, 3.63) is 92.7 Å². The SMILES string of the molecule is Cc1cc(Cl)cnc1NC(c1ccc(Cl)c(Cl)c1)c1ccc2cccnc2c1O. The number of benzene rings is 2. The van der Waals surface area contributed by atoms with E-state index >= 15 is 0 Å². The molecule has 0 saturated heterocycles. The van der Waals surface area contributed by atoms with Crippen molar-refractivity contribution in [3.8, 4) is 5.75 Å². The number of aromatic hydroxyl groups is 1. The summed E-state index contributed by atoms with van der Waals surface area (Å²) >= 11 is 18.4. The quantitative estimate of drug-likeness (QED) is 0.363. The normalized spacial score (nSPS) is 12.1. The van der Waals surface area contributed by atoms with Crippen LogP contribution in [0.5, 0.6) is 5.75 Å². The molecule has 29 heavy (non-hydrogen) atoms. The summed E-state index contributed by atoms with van der Waals surface area (Å²) in [5.74, 6) is 0.740. The molecule has 0 aliphatic heterocycles. The molecular weight excluding hydrogens is 429 g/mol. The number of phenols is 1. The smallest absolute Gasteiger partial charge is 0.147 e. The van der Waals surface area contributed by atoms with Crippen molar-refractivity contribution in [3.63, 3.8) is 0 Å². The van der Waals surface area contributed by atoms with E-state index in [4.69, 9.17) is 34.8 Å². The van der Waals surface area contributed by atoms with E-state index in [2.05, 4.69) is 15.3 Å². The molecule has 0 saturated carbocycles. The van der Waals surface area contributed by atoms with E-state index in [1.165, 1.54) is 0 Å². The van der Waals surface area contributed by atoms with Gasteiger partial charge in [0.2, 0.25) is 0 Å². The van der Waals surface area contributed by atoms with Crippen molar-refractivity contribution < 1.29 is 5.11 Å². The number of pyridine rings is 2. The summed E-state index contributed by atoms with van der Waals surface area (Å²) in [6.45, 7) is 1.91. The van der Waals surface area contributed by atoms with Gasteiger partial charge in [0.1, 0.15) is 17.1 Å². The Bertz CT molecular complexity index is 1210. The third-order valence-corrected chi connectivity index (χ3v) is 5.64. The molecule has 2 aromatic heterocycles. The Morgan fingerprint density at radius 3 is 2.55 bits per heavy atom. The van der Waals surface area contributed by atoms with Crippen LogP contribution in [0.2, 0.25) is 15.1 Å². The van der Waals surface area contributed by atoms with Gasteiger partial charge < -0.3 is 10.4 Å². The lowest BCUT2D eigenvalue weighted by Gasteiger charge is -2.23. The van der Waals surface area contributed by atoms with Crippen molar-refractivity contribution in [1.82, 2.24) is 9.97 Å². The molecule has 0 amide bonds. The second kappa shape index (κ2) is 8.07. The van der Waals surface area contributed by atoms with Crippen LogP contribution >= 0.6 is 34.8 Å². The van der Waals surface area contributed by atoms with Crippen LogP contribution in [-0.4, -0.2) is 15.1 Å². The summed E-state index contributed by atoms with van der Waals surface area (Å²) in [7, 11) is 0. The fraction of sp³-hybridized carbons (Fsp3) is 0.0909. The molecule has 146 valence electrons. The van der Waals surface area contributed by atoms with Gasteiger partial charge >= 0.3 is 0 Å². The molecule has 4 aromatic rings. The summed E-state index contributed by atoms with van der Waals surface area (Å²) in [5, 5.41) is 16.7. The molecule has 2 aromatic carbocycles. The lowest BCUT2D eigenvalue weighted by Crippen LogP contribution is -2.14. The largest absolute Gasteiger partial charge is 0.505 e. The molecule has 0 aliphatic carbocycles. The number of rotatable bonds is 4. The first-order valence-electron chi connectivity index (χ1n) is 8.84. The first-order valence-corrected chi connectivity index (χ1v) is 9.97. The minimum atomic E-state index is -0.441. The predicted molar refractivity (Wildman–Crippen MR) is 119 cm³/mol. The summed E-state index contributed by atoms with van der Waals surface area (Å²) in [5.41, 5.74) is 2.87. The van der Waals surface area contributed by atoms with Crippen LogP contribution in [0.25, 0.3) is 10.9 Å². The van der Waals surface area contributed by atoms with E-state index in [9.17, 15) is 5.11 Å². The van der Waals surface area contributed by atoms with Crippen molar-refractivity contribution in [1.29, 1.82) is 0 Å². The van der Waals surface area contributed by atoms with Crippen LogP contribution in [0.3, 0.4) is 0 Å². The maximum absolute atomic E-state index is 11.0. The molecule has 0 radical (unpaired) electrons. The number of nitrogens with zero attached hydrogens (tertiary/aromatic N) is 2. The number of hydrogen-bond acceptors (Lipinski definition) is 4. The third kappa shape index (κ3) is 3.97. The summed E-state index contributed by atoms with van der Waals surface area (Å²) < 4.78 is 0. The van der Waals surface area contributed by atoms with Crippen molar-refractivity contribution in [2.45, 2.75) is 13.0 Å². The fourth-order valence-corrected chi connectivity index (χ4v) is 3.76. The van der Waals surface area contributed by atoms with Crippen LogP contribution in [0, 0.1) is 6.92 Å². The number of nitrogens with one attached hydrogen (secondary N) is 1. The molecule has 0 fully saturated rings. The number of aryl methyl sites for hydroxylation is 1. The van der Waals surface area contributed by atoms with Crippen molar-refractivity contribution in [2.24, 2.45) is 0 Å². The topological polar surface area (TPSA) is 58.0 Å². The first kappa shape index (κ1) is 19.8. The van der Waals surface area contributed by atoms with Gasteiger partial charge in [0, 0.05) is 23.3 Å². The molecule has 4 rings (SSSR count). The Labute approximate surface area is 183 Å². The van der Waals surface area contributed by atoms with Crippen molar-refractivity contribution >= 4 is 51.5 Å². The Morgan fingerprint density at radius 2 is 1.79 bits per heavy atom. The van der Waals surface area contributed by atoms with Gasteiger partial charge in [-0.3, -0.25) is 4.98 Å². The van der Waals surface area contributed by atoms with Crippen LogP contribution in [0.4, 0.5) is 5.82 Å². The minimum Gasteiger partial charge on any atom is -0.505 e.